The molecule has 1 aliphatic carbocycles. The van der Waals surface area contributed by atoms with Gasteiger partial charge in [-0.15, -0.1) is 0 Å². The topological polar surface area (TPSA) is 54.6 Å². The normalized spacial score (nSPS) is 13.6. The van der Waals surface area contributed by atoms with Crippen molar-refractivity contribution in [3.05, 3.63) is 59.8 Å². The minimum Gasteiger partial charge on any atom is -0.497 e. The van der Waals surface area contributed by atoms with E-state index in [1.807, 2.05) is 17.2 Å². The number of methoxy groups -OCH3 is 2. The number of benzene rings is 2. The van der Waals surface area contributed by atoms with Crippen molar-refractivity contribution in [2.45, 2.75) is 25.4 Å². The number of H-pyrrole nitrogens is 1. The standard InChI is InChI=1S/C21H22N2O3/c1-25-18-10-16(11-19(12-18)26-2)21(24)23(17-5-6-17)13-14-3-4-15-7-8-22-20(15)9-14/h3-4,7-12,17,22H,5-6,13H2,1-2H3. The molecule has 0 radical (unpaired) electrons. The molecule has 1 N–H and O–H groups in total. The molecule has 0 atom stereocenters. The van der Waals surface area contributed by atoms with Crippen LogP contribution in [0, 0.1) is 0 Å². The number of amides is 1. The molecule has 3 aromatic rings. The summed E-state index contributed by atoms with van der Waals surface area (Å²) in [6, 6.07) is 14.0. The Kier molecular flexibility index (Phi) is 4.29. The first-order valence-electron chi connectivity index (χ1n) is 8.78. The summed E-state index contributed by atoms with van der Waals surface area (Å²) in [7, 11) is 3.18. The highest BCUT2D eigenvalue weighted by atomic mass is 16.5. The zero-order chi connectivity index (χ0) is 18.1. The molecule has 1 heterocycles. The summed E-state index contributed by atoms with van der Waals surface area (Å²) in [6.07, 6.45) is 4.04. The van der Waals surface area contributed by atoms with Gasteiger partial charge in [0.25, 0.3) is 5.91 Å². The molecule has 4 rings (SSSR count). The predicted molar refractivity (Wildman–Crippen MR) is 101 cm³/mol. The molecule has 1 aliphatic rings. The average molecular weight is 350 g/mol. The molecular formula is C21H22N2O3. The lowest BCUT2D eigenvalue weighted by Crippen LogP contribution is -2.32. The lowest BCUT2D eigenvalue weighted by Gasteiger charge is -2.23. The van der Waals surface area contributed by atoms with E-state index in [1.165, 1.54) is 5.39 Å². The molecule has 0 bridgehead atoms. The van der Waals surface area contributed by atoms with Crippen LogP contribution in [0.4, 0.5) is 0 Å². The highest BCUT2D eigenvalue weighted by molar-refractivity contribution is 5.95. The fourth-order valence-electron chi connectivity index (χ4n) is 3.24. The van der Waals surface area contributed by atoms with Crippen LogP contribution in [0.5, 0.6) is 11.5 Å². The molecule has 1 amide bonds. The lowest BCUT2D eigenvalue weighted by atomic mass is 10.1. The molecule has 1 fully saturated rings. The molecule has 26 heavy (non-hydrogen) atoms. The van der Waals surface area contributed by atoms with Crippen LogP contribution in [-0.4, -0.2) is 36.1 Å². The predicted octanol–water partition coefficient (Wildman–Crippen LogP) is 3.99. The van der Waals surface area contributed by atoms with Crippen LogP contribution in [0.1, 0.15) is 28.8 Å². The molecule has 1 saturated carbocycles. The molecule has 2 aromatic carbocycles. The van der Waals surface area contributed by atoms with Crippen molar-refractivity contribution in [1.29, 1.82) is 0 Å². The van der Waals surface area contributed by atoms with Crippen LogP contribution in [0.2, 0.25) is 0 Å². The third kappa shape index (κ3) is 3.25. The number of nitrogens with zero attached hydrogens (tertiary/aromatic N) is 1. The Morgan fingerprint density at radius 2 is 1.81 bits per heavy atom. The first kappa shape index (κ1) is 16.5. The number of hydrogen-bond acceptors (Lipinski definition) is 3. The van der Waals surface area contributed by atoms with Crippen LogP contribution < -0.4 is 9.47 Å². The summed E-state index contributed by atoms with van der Waals surface area (Å²) in [5, 5.41) is 1.18. The van der Waals surface area contributed by atoms with E-state index in [-0.39, 0.29) is 5.91 Å². The highest BCUT2D eigenvalue weighted by Crippen LogP contribution is 2.32. The smallest absolute Gasteiger partial charge is 0.254 e. The molecule has 134 valence electrons. The van der Waals surface area contributed by atoms with Gasteiger partial charge >= 0.3 is 0 Å². The number of rotatable bonds is 6. The Morgan fingerprint density at radius 1 is 1.08 bits per heavy atom. The largest absolute Gasteiger partial charge is 0.497 e. The van der Waals surface area contributed by atoms with Crippen LogP contribution in [0.25, 0.3) is 10.9 Å². The van der Waals surface area contributed by atoms with Gasteiger partial charge in [-0.1, -0.05) is 12.1 Å². The monoisotopic (exact) mass is 350 g/mol. The molecule has 0 unspecified atom stereocenters. The summed E-state index contributed by atoms with van der Waals surface area (Å²) in [4.78, 5) is 18.4. The van der Waals surface area contributed by atoms with Crippen molar-refractivity contribution >= 4 is 16.8 Å². The maximum atomic E-state index is 13.2. The Morgan fingerprint density at radius 3 is 2.46 bits per heavy atom. The fourth-order valence-corrected chi connectivity index (χ4v) is 3.24. The maximum Gasteiger partial charge on any atom is 0.254 e. The Labute approximate surface area is 152 Å². The van der Waals surface area contributed by atoms with Gasteiger partial charge in [0.05, 0.1) is 14.2 Å². The van der Waals surface area contributed by atoms with Gasteiger partial charge in [0.2, 0.25) is 0 Å². The van der Waals surface area contributed by atoms with Crippen molar-refractivity contribution in [2.75, 3.05) is 14.2 Å². The Balaban J connectivity index is 1.62. The molecule has 5 heteroatoms. The van der Waals surface area contributed by atoms with E-state index in [2.05, 4.69) is 23.2 Å². The van der Waals surface area contributed by atoms with E-state index in [0.29, 0.717) is 29.6 Å². The highest BCUT2D eigenvalue weighted by Gasteiger charge is 2.33. The molecule has 1 aromatic heterocycles. The summed E-state index contributed by atoms with van der Waals surface area (Å²) in [5.41, 5.74) is 2.80. The summed E-state index contributed by atoms with van der Waals surface area (Å²) >= 11 is 0. The second-order valence-corrected chi connectivity index (χ2v) is 6.66. The van der Waals surface area contributed by atoms with E-state index < -0.39 is 0 Å². The summed E-state index contributed by atoms with van der Waals surface area (Å²) < 4.78 is 10.6. The van der Waals surface area contributed by atoms with E-state index >= 15 is 0 Å². The molecule has 0 spiro atoms. The van der Waals surface area contributed by atoms with Crippen molar-refractivity contribution in [3.8, 4) is 11.5 Å². The van der Waals surface area contributed by atoms with E-state index in [4.69, 9.17) is 9.47 Å². The van der Waals surface area contributed by atoms with Gasteiger partial charge < -0.3 is 19.4 Å². The van der Waals surface area contributed by atoms with Gasteiger partial charge in [-0.25, -0.2) is 0 Å². The quantitative estimate of drug-likeness (QED) is 0.731. The average Bonchev–Trinajstić information content (AvgIpc) is 3.41. The van der Waals surface area contributed by atoms with Crippen molar-refractivity contribution in [1.82, 2.24) is 9.88 Å². The SMILES string of the molecule is COc1cc(OC)cc(C(=O)N(Cc2ccc3cc[nH]c3c2)C2CC2)c1. The zero-order valence-corrected chi connectivity index (χ0v) is 15.0. The Hall–Kier alpha value is -2.95. The first-order valence-corrected chi connectivity index (χ1v) is 8.78. The molecule has 5 nitrogen and oxygen atoms in total. The minimum absolute atomic E-state index is 0.0104. The second kappa shape index (κ2) is 6.75. The van der Waals surface area contributed by atoms with Gasteiger partial charge in [-0.05, 0) is 48.1 Å². The van der Waals surface area contributed by atoms with Crippen molar-refractivity contribution < 1.29 is 14.3 Å². The van der Waals surface area contributed by atoms with Gasteiger partial charge in [0.15, 0.2) is 0 Å². The van der Waals surface area contributed by atoms with E-state index in [0.717, 1.165) is 23.9 Å². The molecular weight excluding hydrogens is 328 g/mol. The van der Waals surface area contributed by atoms with Crippen molar-refractivity contribution in [3.63, 3.8) is 0 Å². The third-order valence-electron chi connectivity index (χ3n) is 4.82. The van der Waals surface area contributed by atoms with Gasteiger partial charge in [0.1, 0.15) is 11.5 Å². The third-order valence-corrected chi connectivity index (χ3v) is 4.82. The molecule has 0 saturated heterocycles. The Bertz CT molecular complexity index is 921. The number of aromatic amines is 1. The van der Waals surface area contributed by atoms with E-state index in [1.54, 1.807) is 32.4 Å². The van der Waals surface area contributed by atoms with Crippen LogP contribution in [-0.2, 0) is 6.54 Å². The number of ether oxygens (including phenoxy) is 2. The van der Waals surface area contributed by atoms with Gasteiger partial charge in [0, 0.05) is 35.9 Å². The lowest BCUT2D eigenvalue weighted by molar-refractivity contribution is 0.0729. The van der Waals surface area contributed by atoms with Gasteiger partial charge in [-0.2, -0.15) is 0 Å². The zero-order valence-electron chi connectivity index (χ0n) is 15.0. The summed E-state index contributed by atoms with van der Waals surface area (Å²) in [5.74, 6) is 1.25. The number of carbonyl (C=O) groups excluding carboxylic acids is 1. The van der Waals surface area contributed by atoms with Crippen molar-refractivity contribution in [2.24, 2.45) is 0 Å². The van der Waals surface area contributed by atoms with Crippen LogP contribution in [0.15, 0.2) is 48.7 Å². The fraction of sp³-hybridized carbons (Fsp3) is 0.286. The first-order chi connectivity index (χ1) is 12.7. The number of carbonyl (C=O) groups is 1. The number of aromatic nitrogens is 1. The number of nitrogens with one attached hydrogen (secondary N) is 1. The second-order valence-electron chi connectivity index (χ2n) is 6.66. The number of hydrogen-bond donors (Lipinski definition) is 1. The van der Waals surface area contributed by atoms with E-state index in [9.17, 15) is 4.79 Å². The van der Waals surface area contributed by atoms with Crippen LogP contribution >= 0.6 is 0 Å². The molecule has 0 aliphatic heterocycles. The number of fused-ring (bicyclic) bond motifs is 1. The van der Waals surface area contributed by atoms with Crippen LogP contribution in [0.3, 0.4) is 0 Å². The summed E-state index contributed by atoms with van der Waals surface area (Å²) in [6.45, 7) is 0.595. The maximum absolute atomic E-state index is 13.2. The minimum atomic E-state index is 0.0104. The van der Waals surface area contributed by atoms with Gasteiger partial charge in [-0.3, -0.25) is 4.79 Å².